The molecule has 3 aromatic rings. The van der Waals surface area contributed by atoms with Crippen LogP contribution >= 0.6 is 11.6 Å². The van der Waals surface area contributed by atoms with Crippen LogP contribution in [0.5, 0.6) is 17.2 Å². The Hall–Kier alpha value is -4.35. The zero-order valence-corrected chi connectivity index (χ0v) is 22.4. The standard InChI is InChI=1S/C27H23ClN2O8S/c1-3-36-19-12-10-18(11-13-19)30-26(32)21(25(31)29-27(30)33)14-17-15-22(28)24(23(16-17)37-4-2)38-39(34,35)20-8-6-5-7-9-20/h5-16H,3-4H2,1-2H3,(H,29,31,33)/b21-14+. The zero-order chi connectivity index (χ0) is 28.2. The molecule has 1 N–H and O–H groups in total. The minimum Gasteiger partial charge on any atom is -0.494 e. The molecule has 1 aliphatic heterocycles. The Labute approximate surface area is 229 Å². The lowest BCUT2D eigenvalue weighted by Gasteiger charge is -2.26. The Bertz CT molecular complexity index is 1550. The fourth-order valence-electron chi connectivity index (χ4n) is 3.68. The lowest BCUT2D eigenvalue weighted by molar-refractivity contribution is -0.122. The van der Waals surface area contributed by atoms with Gasteiger partial charge in [-0.3, -0.25) is 14.9 Å². The van der Waals surface area contributed by atoms with E-state index in [0.29, 0.717) is 12.4 Å². The average Bonchev–Trinajstić information content (AvgIpc) is 2.90. The van der Waals surface area contributed by atoms with Gasteiger partial charge in [-0.1, -0.05) is 29.8 Å². The summed E-state index contributed by atoms with van der Waals surface area (Å²) in [5.74, 6) is -1.51. The van der Waals surface area contributed by atoms with E-state index in [9.17, 15) is 22.8 Å². The Balaban J connectivity index is 1.69. The minimum absolute atomic E-state index is 0.0283. The monoisotopic (exact) mass is 570 g/mol. The number of nitrogens with one attached hydrogen (secondary N) is 1. The first-order chi connectivity index (χ1) is 18.6. The summed E-state index contributed by atoms with van der Waals surface area (Å²) < 4.78 is 41.8. The van der Waals surface area contributed by atoms with Gasteiger partial charge in [0.2, 0.25) is 5.75 Å². The second-order valence-corrected chi connectivity index (χ2v) is 9.95. The van der Waals surface area contributed by atoms with Crippen LogP contribution in [-0.2, 0) is 19.7 Å². The minimum atomic E-state index is -4.24. The fraction of sp³-hybridized carbons (Fsp3) is 0.148. The van der Waals surface area contributed by atoms with Crippen molar-refractivity contribution >= 4 is 51.3 Å². The van der Waals surface area contributed by atoms with Crippen LogP contribution in [0, 0.1) is 0 Å². The van der Waals surface area contributed by atoms with Crippen LogP contribution < -0.4 is 23.9 Å². The van der Waals surface area contributed by atoms with Gasteiger partial charge in [-0.2, -0.15) is 8.42 Å². The summed E-state index contributed by atoms with van der Waals surface area (Å²) >= 11 is 6.38. The van der Waals surface area contributed by atoms with Crippen LogP contribution in [-0.4, -0.2) is 39.5 Å². The summed E-state index contributed by atoms with van der Waals surface area (Å²) in [5, 5.41) is 2.00. The van der Waals surface area contributed by atoms with E-state index >= 15 is 0 Å². The Morgan fingerprint density at radius 3 is 2.23 bits per heavy atom. The van der Waals surface area contributed by atoms with Crippen LogP contribution in [0.4, 0.5) is 10.5 Å². The molecule has 0 aromatic heterocycles. The molecule has 0 unspecified atom stereocenters. The molecule has 0 spiro atoms. The third-order valence-electron chi connectivity index (χ3n) is 5.38. The highest BCUT2D eigenvalue weighted by Gasteiger charge is 2.37. The number of carbonyl (C=O) groups is 3. The van der Waals surface area contributed by atoms with Crippen LogP contribution in [0.2, 0.25) is 5.02 Å². The number of halogens is 1. The molecular weight excluding hydrogens is 548 g/mol. The first kappa shape index (κ1) is 27.7. The lowest BCUT2D eigenvalue weighted by Crippen LogP contribution is -2.54. The van der Waals surface area contributed by atoms with E-state index in [2.05, 4.69) is 5.32 Å². The maximum absolute atomic E-state index is 13.2. The summed E-state index contributed by atoms with van der Waals surface area (Å²) in [7, 11) is -4.24. The van der Waals surface area contributed by atoms with Crippen molar-refractivity contribution in [3.8, 4) is 17.2 Å². The van der Waals surface area contributed by atoms with E-state index in [-0.39, 0.29) is 44.8 Å². The van der Waals surface area contributed by atoms with E-state index in [1.807, 2.05) is 6.92 Å². The highest BCUT2D eigenvalue weighted by atomic mass is 35.5. The molecule has 1 aliphatic rings. The van der Waals surface area contributed by atoms with Gasteiger partial charge < -0.3 is 13.7 Å². The predicted molar refractivity (Wildman–Crippen MR) is 143 cm³/mol. The number of hydrogen-bond acceptors (Lipinski definition) is 8. The summed E-state index contributed by atoms with van der Waals surface area (Å²) in [5.41, 5.74) is 0.0993. The van der Waals surface area contributed by atoms with Crippen LogP contribution in [0.3, 0.4) is 0 Å². The SMILES string of the molecule is CCOc1ccc(N2C(=O)NC(=O)/C(=C\c3cc(Cl)c(OS(=O)(=O)c4ccccc4)c(OCC)c3)C2=O)cc1. The lowest BCUT2D eigenvalue weighted by atomic mass is 10.1. The van der Waals surface area contributed by atoms with Gasteiger partial charge in [0.1, 0.15) is 16.2 Å². The van der Waals surface area contributed by atoms with E-state index < -0.39 is 28.0 Å². The predicted octanol–water partition coefficient (Wildman–Crippen LogP) is 4.57. The van der Waals surface area contributed by atoms with Gasteiger partial charge >= 0.3 is 16.1 Å². The first-order valence-corrected chi connectivity index (χ1v) is 13.5. The molecule has 4 rings (SSSR count). The van der Waals surface area contributed by atoms with Gasteiger partial charge in [0.05, 0.1) is 23.9 Å². The van der Waals surface area contributed by atoms with Crippen molar-refractivity contribution in [3.63, 3.8) is 0 Å². The van der Waals surface area contributed by atoms with Crippen molar-refractivity contribution in [1.29, 1.82) is 0 Å². The largest absolute Gasteiger partial charge is 0.494 e. The Morgan fingerprint density at radius 2 is 1.59 bits per heavy atom. The van der Waals surface area contributed by atoms with E-state index in [0.717, 1.165) is 4.90 Å². The molecule has 3 aromatic carbocycles. The second-order valence-electron chi connectivity index (χ2n) is 8.00. The summed E-state index contributed by atoms with van der Waals surface area (Å²) in [4.78, 5) is 39.1. The van der Waals surface area contributed by atoms with Crippen molar-refractivity contribution in [2.24, 2.45) is 0 Å². The molecule has 1 heterocycles. The zero-order valence-electron chi connectivity index (χ0n) is 20.8. The third kappa shape index (κ3) is 6.05. The summed E-state index contributed by atoms with van der Waals surface area (Å²) in [6.45, 7) is 4.07. The van der Waals surface area contributed by atoms with E-state index in [1.54, 1.807) is 37.3 Å². The Kier molecular flexibility index (Phi) is 8.22. The van der Waals surface area contributed by atoms with Gasteiger partial charge in [-0.15, -0.1) is 0 Å². The number of rotatable bonds is 9. The third-order valence-corrected chi connectivity index (χ3v) is 6.89. The quantitative estimate of drug-likeness (QED) is 0.225. The average molecular weight is 571 g/mol. The molecule has 0 saturated carbocycles. The summed E-state index contributed by atoms with van der Waals surface area (Å²) in [6.07, 6.45) is 1.22. The van der Waals surface area contributed by atoms with Crippen molar-refractivity contribution in [1.82, 2.24) is 5.32 Å². The smallest absolute Gasteiger partial charge is 0.339 e. The highest BCUT2D eigenvalue weighted by Crippen LogP contribution is 2.39. The van der Waals surface area contributed by atoms with Gasteiger partial charge in [0, 0.05) is 0 Å². The number of hydrogen-bond donors (Lipinski definition) is 1. The fourth-order valence-corrected chi connectivity index (χ4v) is 4.96. The number of urea groups is 1. The normalized spacial score (nSPS) is 14.8. The number of benzene rings is 3. The second kappa shape index (κ2) is 11.6. The number of amides is 4. The van der Waals surface area contributed by atoms with Crippen molar-refractivity contribution in [2.45, 2.75) is 18.7 Å². The Morgan fingerprint density at radius 1 is 0.923 bits per heavy atom. The van der Waals surface area contributed by atoms with Crippen LogP contribution in [0.25, 0.3) is 6.08 Å². The van der Waals surface area contributed by atoms with Gasteiger partial charge in [-0.05, 0) is 74.0 Å². The van der Waals surface area contributed by atoms with Crippen molar-refractivity contribution < 1.29 is 36.5 Å². The van der Waals surface area contributed by atoms with Crippen molar-refractivity contribution in [3.05, 3.63) is 82.9 Å². The van der Waals surface area contributed by atoms with Crippen molar-refractivity contribution in [2.75, 3.05) is 18.1 Å². The molecule has 10 nitrogen and oxygen atoms in total. The molecule has 0 radical (unpaired) electrons. The topological polar surface area (TPSA) is 128 Å². The van der Waals surface area contributed by atoms with Gasteiger partial charge in [-0.25, -0.2) is 9.69 Å². The number of barbiturate groups is 1. The molecule has 1 fully saturated rings. The first-order valence-electron chi connectivity index (χ1n) is 11.7. The van der Waals surface area contributed by atoms with E-state index in [4.69, 9.17) is 25.3 Å². The molecule has 39 heavy (non-hydrogen) atoms. The number of ether oxygens (including phenoxy) is 2. The maximum Gasteiger partial charge on any atom is 0.339 e. The molecule has 12 heteroatoms. The molecule has 0 bridgehead atoms. The van der Waals surface area contributed by atoms with E-state index in [1.165, 1.54) is 42.5 Å². The number of carbonyl (C=O) groups excluding carboxylic acids is 3. The number of anilines is 1. The molecule has 0 aliphatic carbocycles. The number of imide groups is 2. The molecule has 4 amide bonds. The molecule has 0 atom stereocenters. The maximum atomic E-state index is 13.2. The highest BCUT2D eigenvalue weighted by molar-refractivity contribution is 7.87. The molecular formula is C27H23ClN2O8S. The van der Waals surface area contributed by atoms with Crippen LogP contribution in [0.1, 0.15) is 19.4 Å². The molecule has 1 saturated heterocycles. The molecule has 202 valence electrons. The van der Waals surface area contributed by atoms with Gasteiger partial charge in [0.15, 0.2) is 5.75 Å². The number of nitrogens with zero attached hydrogens (tertiary/aromatic N) is 1. The van der Waals surface area contributed by atoms with Gasteiger partial charge in [0.25, 0.3) is 11.8 Å². The summed E-state index contributed by atoms with van der Waals surface area (Å²) in [6, 6.07) is 15.5. The van der Waals surface area contributed by atoms with Crippen LogP contribution in [0.15, 0.2) is 77.2 Å².